The van der Waals surface area contributed by atoms with E-state index in [4.69, 9.17) is 5.10 Å². The molecular formula is C36H27BrN2OS2. The number of hydrogen-bond donors (Lipinski definition) is 0. The van der Waals surface area contributed by atoms with Crippen molar-refractivity contribution < 1.29 is 4.79 Å². The fourth-order valence-corrected chi connectivity index (χ4v) is 10.1. The minimum Gasteiger partial charge on any atom is -0.286 e. The molecule has 0 bridgehead atoms. The molecule has 0 amide bonds. The Balaban J connectivity index is 1.51. The molecule has 1 unspecified atom stereocenters. The van der Waals surface area contributed by atoms with Crippen LogP contribution in [0.3, 0.4) is 0 Å². The first kappa shape index (κ1) is 27.3. The first-order valence-corrected chi connectivity index (χ1v) is 16.2. The molecule has 0 aliphatic carbocycles. The van der Waals surface area contributed by atoms with Crippen molar-refractivity contribution in [2.24, 2.45) is 5.10 Å². The van der Waals surface area contributed by atoms with Gasteiger partial charge >= 0.3 is 0 Å². The van der Waals surface area contributed by atoms with Gasteiger partial charge in [0.05, 0.1) is 10.4 Å². The molecule has 0 aromatic heterocycles. The van der Waals surface area contributed by atoms with Gasteiger partial charge in [-0.25, -0.2) is 5.01 Å². The van der Waals surface area contributed by atoms with Gasteiger partial charge in [-0.05, 0) is 65.9 Å². The lowest BCUT2D eigenvalue weighted by Gasteiger charge is -2.38. The summed E-state index contributed by atoms with van der Waals surface area (Å²) in [5, 5.41) is 7.68. The van der Waals surface area contributed by atoms with E-state index in [1.165, 1.54) is 27.8 Å². The molecule has 2 heterocycles. The molecule has 0 N–H and O–H groups in total. The molecule has 206 valence electrons. The predicted molar refractivity (Wildman–Crippen MR) is 180 cm³/mol. The predicted octanol–water partition coefficient (Wildman–Crippen LogP) is 9.66. The molecule has 5 aromatic rings. The summed E-state index contributed by atoms with van der Waals surface area (Å²) in [7, 11) is 0. The second kappa shape index (κ2) is 10.6. The van der Waals surface area contributed by atoms with Crippen molar-refractivity contribution in [1.82, 2.24) is 0 Å². The van der Waals surface area contributed by atoms with E-state index in [9.17, 15) is 4.79 Å². The molecule has 2 aliphatic rings. The third kappa shape index (κ3) is 4.19. The number of ketones is 1. The van der Waals surface area contributed by atoms with Gasteiger partial charge in [-0.15, -0.1) is 0 Å². The van der Waals surface area contributed by atoms with Crippen molar-refractivity contribution in [3.8, 4) is 0 Å². The van der Waals surface area contributed by atoms with E-state index in [1.54, 1.807) is 11.8 Å². The fraction of sp³-hybridized carbons (Fsp3) is 0.111. The molecule has 42 heavy (non-hydrogen) atoms. The number of rotatable bonds is 5. The van der Waals surface area contributed by atoms with Gasteiger partial charge in [0.2, 0.25) is 5.78 Å². The largest absolute Gasteiger partial charge is 0.286 e. The number of halogens is 1. The van der Waals surface area contributed by atoms with Crippen LogP contribution < -0.4 is 5.01 Å². The SMILES string of the molecule is Cc1ccccc1C1(c2ccccc2C)SC2(SC(C(=O)c3ccccc3)=NN2c2ccc(Br)cc2)c2ccccc21. The topological polar surface area (TPSA) is 32.7 Å². The number of benzene rings is 5. The normalized spacial score (nSPS) is 18.6. The van der Waals surface area contributed by atoms with Crippen LogP contribution in [0.2, 0.25) is 0 Å². The summed E-state index contributed by atoms with van der Waals surface area (Å²) in [5.41, 5.74) is 8.86. The maximum absolute atomic E-state index is 13.9. The van der Waals surface area contributed by atoms with E-state index >= 15 is 0 Å². The van der Waals surface area contributed by atoms with Crippen molar-refractivity contribution in [3.05, 3.63) is 171 Å². The highest BCUT2D eigenvalue weighted by Crippen LogP contribution is 2.71. The molecule has 0 fully saturated rings. The van der Waals surface area contributed by atoms with Gasteiger partial charge in [0.1, 0.15) is 0 Å². The first-order chi connectivity index (χ1) is 20.4. The summed E-state index contributed by atoms with van der Waals surface area (Å²) in [4.78, 5) is 13.9. The lowest BCUT2D eigenvalue weighted by molar-refractivity contribution is 0.106. The Hall–Kier alpha value is -3.58. The van der Waals surface area contributed by atoms with Crippen molar-refractivity contribution in [2.45, 2.75) is 22.8 Å². The molecule has 0 saturated heterocycles. The number of anilines is 1. The Morgan fingerprint density at radius 2 is 1.19 bits per heavy atom. The van der Waals surface area contributed by atoms with Crippen LogP contribution in [-0.4, -0.2) is 10.8 Å². The Morgan fingerprint density at radius 3 is 1.79 bits per heavy atom. The lowest BCUT2D eigenvalue weighted by Crippen LogP contribution is -2.34. The number of carbonyl (C=O) groups excluding carboxylic acids is 1. The zero-order valence-corrected chi connectivity index (χ0v) is 26.3. The van der Waals surface area contributed by atoms with Gasteiger partial charge in [0.25, 0.3) is 0 Å². The third-order valence-electron chi connectivity index (χ3n) is 7.99. The highest BCUT2D eigenvalue weighted by molar-refractivity contribution is 9.10. The van der Waals surface area contributed by atoms with Gasteiger partial charge in [-0.2, -0.15) is 5.10 Å². The molecule has 7 rings (SSSR count). The number of aryl methyl sites for hydroxylation is 2. The zero-order chi connectivity index (χ0) is 28.9. The second-order valence-corrected chi connectivity index (χ2v) is 14.3. The van der Waals surface area contributed by atoms with Crippen molar-refractivity contribution in [3.63, 3.8) is 0 Å². The van der Waals surface area contributed by atoms with E-state index in [-0.39, 0.29) is 5.78 Å². The molecule has 5 aromatic carbocycles. The van der Waals surface area contributed by atoms with E-state index in [1.807, 2.05) is 54.2 Å². The molecule has 0 radical (unpaired) electrons. The molecule has 0 saturated carbocycles. The monoisotopic (exact) mass is 646 g/mol. The van der Waals surface area contributed by atoms with Gasteiger partial charge in [-0.3, -0.25) is 4.79 Å². The Kier molecular flexibility index (Phi) is 6.88. The number of fused-ring (bicyclic) bond motifs is 2. The smallest absolute Gasteiger partial charge is 0.219 e. The number of Topliss-reactive ketones (excluding diaryl/α,β-unsaturated/α-hetero) is 1. The van der Waals surface area contributed by atoms with Crippen LogP contribution in [0, 0.1) is 13.8 Å². The Morgan fingerprint density at radius 1 is 0.667 bits per heavy atom. The van der Waals surface area contributed by atoms with E-state index in [0.29, 0.717) is 10.6 Å². The summed E-state index contributed by atoms with van der Waals surface area (Å²) >= 11 is 7.02. The highest BCUT2D eigenvalue weighted by Gasteiger charge is 2.62. The fourth-order valence-electron chi connectivity index (χ4n) is 6.06. The average molecular weight is 648 g/mol. The van der Waals surface area contributed by atoms with E-state index < -0.39 is 8.95 Å². The summed E-state index contributed by atoms with van der Waals surface area (Å²) in [6.07, 6.45) is 0. The van der Waals surface area contributed by atoms with E-state index in [2.05, 4.69) is 120 Å². The maximum atomic E-state index is 13.9. The standard InChI is InChI=1S/C36H27BrN2OS2/c1-24-12-6-8-16-29(24)35(30-17-9-7-13-25(30)2)31-18-10-11-19-32(31)36(42-35)39(28-22-20-27(37)21-23-28)38-34(41-36)33(40)26-14-4-3-5-15-26/h3-23H,1-2H3. The third-order valence-corrected chi connectivity index (χ3v) is 11.8. The van der Waals surface area contributed by atoms with Crippen LogP contribution in [0.15, 0.2) is 137 Å². The Bertz CT molecular complexity index is 1810. The van der Waals surface area contributed by atoms with Crippen LogP contribution in [0.25, 0.3) is 0 Å². The number of nitrogens with zero attached hydrogens (tertiary/aromatic N) is 2. The van der Waals surface area contributed by atoms with Crippen molar-refractivity contribution in [2.75, 3.05) is 5.01 Å². The summed E-state index contributed by atoms with van der Waals surface area (Å²) in [6.45, 7) is 4.39. The number of carbonyl (C=O) groups is 1. The average Bonchev–Trinajstić information content (AvgIpc) is 3.55. The van der Waals surface area contributed by atoms with Gasteiger partial charge in [0, 0.05) is 15.6 Å². The summed E-state index contributed by atoms with van der Waals surface area (Å²) < 4.78 is -0.269. The van der Waals surface area contributed by atoms with E-state index in [0.717, 1.165) is 15.7 Å². The summed E-state index contributed by atoms with van der Waals surface area (Å²) in [5.74, 6) is -0.0676. The molecular weight excluding hydrogens is 620 g/mol. The minimum atomic E-state index is -0.727. The number of hydrazone groups is 1. The maximum Gasteiger partial charge on any atom is 0.219 e. The van der Waals surface area contributed by atoms with Crippen LogP contribution in [0.1, 0.15) is 43.7 Å². The van der Waals surface area contributed by atoms with Gasteiger partial charge in [-0.1, -0.05) is 143 Å². The van der Waals surface area contributed by atoms with Crippen LogP contribution in [0.5, 0.6) is 0 Å². The van der Waals surface area contributed by atoms with Gasteiger partial charge in [0.15, 0.2) is 9.25 Å². The lowest BCUT2D eigenvalue weighted by atomic mass is 9.79. The zero-order valence-electron chi connectivity index (χ0n) is 23.1. The summed E-state index contributed by atoms with van der Waals surface area (Å²) in [6, 6.07) is 43.7. The number of hydrogen-bond acceptors (Lipinski definition) is 5. The second-order valence-electron chi connectivity index (χ2n) is 10.5. The molecule has 1 spiro atoms. The Labute approximate surface area is 263 Å². The van der Waals surface area contributed by atoms with Crippen molar-refractivity contribution >= 4 is 56.0 Å². The first-order valence-electron chi connectivity index (χ1n) is 13.8. The molecule has 1 atom stereocenters. The minimum absolute atomic E-state index is 0.0676. The van der Waals surface area contributed by atoms with Crippen LogP contribution >= 0.6 is 39.5 Å². The molecule has 6 heteroatoms. The quantitative estimate of drug-likeness (QED) is 0.178. The van der Waals surface area contributed by atoms with Crippen LogP contribution in [-0.2, 0) is 8.95 Å². The van der Waals surface area contributed by atoms with Crippen molar-refractivity contribution in [1.29, 1.82) is 0 Å². The highest BCUT2D eigenvalue weighted by atomic mass is 79.9. The van der Waals surface area contributed by atoms with Gasteiger partial charge < -0.3 is 0 Å². The molecule has 3 nitrogen and oxygen atoms in total. The molecule has 2 aliphatic heterocycles. The van der Waals surface area contributed by atoms with Crippen LogP contribution in [0.4, 0.5) is 5.69 Å². The number of thioether (sulfide) groups is 2.